The van der Waals surface area contributed by atoms with E-state index in [2.05, 4.69) is 27.8 Å². The Labute approximate surface area is 148 Å². The molecule has 0 saturated carbocycles. The number of benzene rings is 2. The van der Waals surface area contributed by atoms with Gasteiger partial charge in [0.2, 0.25) is 5.91 Å². The van der Waals surface area contributed by atoms with Gasteiger partial charge in [-0.3, -0.25) is 9.79 Å². The van der Waals surface area contributed by atoms with Crippen LogP contribution in [0.1, 0.15) is 12.0 Å². The first kappa shape index (κ1) is 17.0. The van der Waals surface area contributed by atoms with Crippen molar-refractivity contribution in [2.24, 2.45) is 4.99 Å². The Morgan fingerprint density at radius 1 is 1.12 bits per heavy atom. The van der Waals surface area contributed by atoms with E-state index in [1.165, 1.54) is 5.56 Å². The number of nitrogens with one attached hydrogen (secondary N) is 2. The highest BCUT2D eigenvalue weighted by atomic mass is 16.2. The maximum absolute atomic E-state index is 12.3. The van der Waals surface area contributed by atoms with Crippen molar-refractivity contribution in [3.8, 4) is 0 Å². The summed E-state index contributed by atoms with van der Waals surface area (Å²) in [4.78, 5) is 18.4. The van der Waals surface area contributed by atoms with Gasteiger partial charge < -0.3 is 15.5 Å². The fourth-order valence-corrected chi connectivity index (χ4v) is 3.02. The highest BCUT2D eigenvalue weighted by Crippen LogP contribution is 2.20. The zero-order chi connectivity index (χ0) is 17.5. The second-order valence-electron chi connectivity index (χ2n) is 6.12. The Balaban J connectivity index is 1.50. The molecule has 5 nitrogen and oxygen atoms in total. The number of hydrogen-bond acceptors (Lipinski definition) is 2. The van der Waals surface area contributed by atoms with E-state index >= 15 is 0 Å². The van der Waals surface area contributed by atoms with Gasteiger partial charge in [-0.15, -0.1) is 0 Å². The quantitative estimate of drug-likeness (QED) is 0.650. The molecule has 5 heteroatoms. The first-order valence-corrected chi connectivity index (χ1v) is 8.63. The molecule has 1 atom stereocenters. The molecule has 2 N–H and O–H groups in total. The smallest absolute Gasteiger partial charge is 0.229 e. The standard InChI is InChI=1S/C20H24N4O/c1-21-20(22-13-12-16-8-4-2-5-9-16)23-17-14-19(25)24(15-17)18-10-6-3-7-11-18/h2-11,17H,12-15H2,1H3,(H2,21,22,23). The fraction of sp³-hybridized carbons (Fsp3) is 0.300. The van der Waals surface area contributed by atoms with Crippen LogP contribution in [0.2, 0.25) is 0 Å². The summed E-state index contributed by atoms with van der Waals surface area (Å²) in [5, 5.41) is 6.68. The van der Waals surface area contributed by atoms with E-state index in [-0.39, 0.29) is 11.9 Å². The second kappa shape index (κ2) is 8.33. The van der Waals surface area contributed by atoms with Crippen LogP contribution < -0.4 is 15.5 Å². The van der Waals surface area contributed by atoms with Crippen molar-refractivity contribution in [1.82, 2.24) is 10.6 Å². The van der Waals surface area contributed by atoms with Gasteiger partial charge in [0.1, 0.15) is 0 Å². The molecule has 0 radical (unpaired) electrons. The van der Waals surface area contributed by atoms with Crippen LogP contribution in [0.15, 0.2) is 65.7 Å². The topological polar surface area (TPSA) is 56.7 Å². The van der Waals surface area contributed by atoms with Crippen molar-refractivity contribution in [2.45, 2.75) is 18.9 Å². The van der Waals surface area contributed by atoms with E-state index in [4.69, 9.17) is 0 Å². The lowest BCUT2D eigenvalue weighted by molar-refractivity contribution is -0.117. The molecular weight excluding hydrogens is 312 g/mol. The molecular formula is C20H24N4O. The van der Waals surface area contributed by atoms with Crippen molar-refractivity contribution >= 4 is 17.6 Å². The monoisotopic (exact) mass is 336 g/mol. The highest BCUT2D eigenvalue weighted by Gasteiger charge is 2.30. The molecule has 130 valence electrons. The lowest BCUT2D eigenvalue weighted by atomic mass is 10.1. The minimum Gasteiger partial charge on any atom is -0.356 e. The number of aliphatic imine (C=N–C) groups is 1. The number of nitrogens with zero attached hydrogens (tertiary/aromatic N) is 2. The van der Waals surface area contributed by atoms with Crippen molar-refractivity contribution in [2.75, 3.05) is 25.0 Å². The summed E-state index contributed by atoms with van der Waals surface area (Å²) in [7, 11) is 1.75. The molecule has 2 aromatic rings. The van der Waals surface area contributed by atoms with Crippen LogP contribution in [0.5, 0.6) is 0 Å². The maximum Gasteiger partial charge on any atom is 0.229 e. The van der Waals surface area contributed by atoms with E-state index in [0.29, 0.717) is 13.0 Å². The summed E-state index contributed by atoms with van der Waals surface area (Å²) in [6.45, 7) is 1.45. The molecule has 1 amide bonds. The minimum absolute atomic E-state index is 0.0654. The van der Waals surface area contributed by atoms with Crippen LogP contribution in [-0.2, 0) is 11.2 Å². The van der Waals surface area contributed by atoms with Crippen LogP contribution >= 0.6 is 0 Å². The lowest BCUT2D eigenvalue weighted by Gasteiger charge is -2.19. The molecule has 1 aliphatic rings. The van der Waals surface area contributed by atoms with Crippen LogP contribution in [-0.4, -0.2) is 38.0 Å². The third-order valence-corrected chi connectivity index (χ3v) is 4.31. The number of carbonyl (C=O) groups excluding carboxylic acids is 1. The van der Waals surface area contributed by atoms with Crippen LogP contribution in [0.3, 0.4) is 0 Å². The largest absolute Gasteiger partial charge is 0.356 e. The summed E-state index contributed by atoms with van der Waals surface area (Å²) < 4.78 is 0. The predicted octanol–water partition coefficient (Wildman–Crippen LogP) is 2.20. The Kier molecular flexibility index (Phi) is 5.67. The average Bonchev–Trinajstić information content (AvgIpc) is 3.02. The number of amides is 1. The summed E-state index contributed by atoms with van der Waals surface area (Å²) in [6.07, 6.45) is 1.41. The summed E-state index contributed by atoms with van der Waals surface area (Å²) in [5.74, 6) is 0.882. The molecule has 0 aromatic heterocycles. The zero-order valence-corrected chi connectivity index (χ0v) is 14.5. The van der Waals surface area contributed by atoms with Crippen LogP contribution in [0.25, 0.3) is 0 Å². The maximum atomic E-state index is 12.3. The molecule has 0 aliphatic carbocycles. The number of anilines is 1. The SMILES string of the molecule is CN=C(NCCc1ccccc1)NC1CC(=O)N(c2ccccc2)C1. The normalized spacial score (nSPS) is 17.6. The van der Waals surface area contributed by atoms with Gasteiger partial charge >= 0.3 is 0 Å². The van der Waals surface area contributed by atoms with Gasteiger partial charge in [-0.2, -0.15) is 0 Å². The van der Waals surface area contributed by atoms with Gasteiger partial charge in [0.15, 0.2) is 5.96 Å². The Hall–Kier alpha value is -2.82. The molecule has 1 unspecified atom stereocenters. The molecule has 0 spiro atoms. The van der Waals surface area contributed by atoms with Gasteiger partial charge in [-0.25, -0.2) is 0 Å². The van der Waals surface area contributed by atoms with Gasteiger partial charge in [-0.1, -0.05) is 48.5 Å². The third-order valence-electron chi connectivity index (χ3n) is 4.31. The van der Waals surface area contributed by atoms with Crippen molar-refractivity contribution in [3.63, 3.8) is 0 Å². The number of hydrogen-bond donors (Lipinski definition) is 2. The summed E-state index contributed by atoms with van der Waals surface area (Å²) in [6, 6.07) is 20.2. The van der Waals surface area contributed by atoms with Gasteiger partial charge in [0, 0.05) is 32.2 Å². The average molecular weight is 336 g/mol. The molecule has 25 heavy (non-hydrogen) atoms. The zero-order valence-electron chi connectivity index (χ0n) is 14.5. The molecule has 2 aromatic carbocycles. The first-order chi connectivity index (χ1) is 12.3. The Morgan fingerprint density at radius 3 is 2.48 bits per heavy atom. The van der Waals surface area contributed by atoms with Crippen molar-refractivity contribution in [1.29, 1.82) is 0 Å². The Morgan fingerprint density at radius 2 is 1.80 bits per heavy atom. The van der Waals surface area contributed by atoms with Gasteiger partial charge in [-0.05, 0) is 24.1 Å². The fourth-order valence-electron chi connectivity index (χ4n) is 3.02. The predicted molar refractivity (Wildman–Crippen MR) is 102 cm³/mol. The summed E-state index contributed by atoms with van der Waals surface area (Å²) in [5.41, 5.74) is 2.24. The number of carbonyl (C=O) groups is 1. The van der Waals surface area contributed by atoms with E-state index in [0.717, 1.165) is 24.6 Å². The van der Waals surface area contributed by atoms with E-state index in [9.17, 15) is 4.79 Å². The number of guanidine groups is 1. The third kappa shape index (κ3) is 4.59. The molecule has 1 fully saturated rings. The van der Waals surface area contributed by atoms with Crippen LogP contribution in [0, 0.1) is 0 Å². The molecule has 1 saturated heterocycles. The number of rotatable bonds is 5. The van der Waals surface area contributed by atoms with Crippen molar-refractivity contribution in [3.05, 3.63) is 66.2 Å². The second-order valence-corrected chi connectivity index (χ2v) is 6.12. The van der Waals surface area contributed by atoms with E-state index in [1.54, 1.807) is 7.05 Å². The molecule has 1 heterocycles. The highest BCUT2D eigenvalue weighted by molar-refractivity contribution is 5.97. The molecule has 1 aliphatic heterocycles. The number of para-hydroxylation sites is 1. The van der Waals surface area contributed by atoms with Gasteiger partial charge in [0.25, 0.3) is 0 Å². The van der Waals surface area contributed by atoms with Crippen LogP contribution in [0.4, 0.5) is 5.69 Å². The molecule has 0 bridgehead atoms. The Bertz CT molecular complexity index is 715. The minimum atomic E-state index is 0.0654. The van der Waals surface area contributed by atoms with Crippen molar-refractivity contribution < 1.29 is 4.79 Å². The summed E-state index contributed by atoms with van der Waals surface area (Å²) >= 11 is 0. The van der Waals surface area contributed by atoms with E-state index in [1.807, 2.05) is 53.4 Å². The van der Waals surface area contributed by atoms with E-state index < -0.39 is 0 Å². The molecule has 3 rings (SSSR count). The first-order valence-electron chi connectivity index (χ1n) is 8.63. The lowest BCUT2D eigenvalue weighted by Crippen LogP contribution is -2.45. The van der Waals surface area contributed by atoms with Gasteiger partial charge in [0.05, 0.1) is 6.04 Å².